The van der Waals surface area contributed by atoms with Crippen molar-refractivity contribution >= 4 is 5.78 Å². The lowest BCUT2D eigenvalue weighted by atomic mass is 9.80. The molecule has 4 nitrogen and oxygen atoms in total. The van der Waals surface area contributed by atoms with Gasteiger partial charge < -0.3 is 9.47 Å². The summed E-state index contributed by atoms with van der Waals surface area (Å²) in [5.41, 5.74) is 1.02. The van der Waals surface area contributed by atoms with Crippen LogP contribution in [0.2, 0.25) is 0 Å². The van der Waals surface area contributed by atoms with Crippen molar-refractivity contribution < 1.29 is 14.3 Å². The van der Waals surface area contributed by atoms with Crippen LogP contribution in [0.3, 0.4) is 0 Å². The van der Waals surface area contributed by atoms with Crippen LogP contribution in [0.25, 0.3) is 0 Å². The van der Waals surface area contributed by atoms with Crippen molar-refractivity contribution in [3.05, 3.63) is 30.1 Å². The average molecular weight is 233 g/mol. The molecule has 1 atom stereocenters. The highest BCUT2D eigenvalue weighted by molar-refractivity contribution is 5.86. The lowest BCUT2D eigenvalue weighted by molar-refractivity contribution is -0.183. The summed E-state index contributed by atoms with van der Waals surface area (Å²) in [6.07, 6.45) is 5.30. The highest BCUT2D eigenvalue weighted by Gasteiger charge is 2.44. The van der Waals surface area contributed by atoms with Gasteiger partial charge in [-0.25, -0.2) is 0 Å². The third-order valence-electron chi connectivity index (χ3n) is 3.58. The molecule has 90 valence electrons. The number of hydrogen-bond acceptors (Lipinski definition) is 4. The van der Waals surface area contributed by atoms with Gasteiger partial charge in [0.05, 0.1) is 13.2 Å². The zero-order valence-electron chi connectivity index (χ0n) is 9.59. The van der Waals surface area contributed by atoms with Crippen LogP contribution < -0.4 is 0 Å². The number of nitrogens with zero attached hydrogens (tertiary/aromatic N) is 1. The second-order valence-electron chi connectivity index (χ2n) is 4.61. The molecular weight excluding hydrogens is 218 g/mol. The molecule has 17 heavy (non-hydrogen) atoms. The molecule has 0 bridgehead atoms. The van der Waals surface area contributed by atoms with Gasteiger partial charge in [0.25, 0.3) is 0 Å². The number of ketones is 1. The topological polar surface area (TPSA) is 48.4 Å². The number of carbonyl (C=O) groups excluding carboxylic acids is 1. The van der Waals surface area contributed by atoms with E-state index in [-0.39, 0.29) is 11.7 Å². The third kappa shape index (κ3) is 1.98. The van der Waals surface area contributed by atoms with E-state index < -0.39 is 5.79 Å². The lowest BCUT2D eigenvalue weighted by Crippen LogP contribution is -2.39. The van der Waals surface area contributed by atoms with Gasteiger partial charge in [-0.05, 0) is 17.7 Å². The lowest BCUT2D eigenvalue weighted by Gasteiger charge is -2.35. The molecule has 1 unspecified atom stereocenters. The molecule has 2 fully saturated rings. The van der Waals surface area contributed by atoms with Crippen molar-refractivity contribution in [2.75, 3.05) is 13.2 Å². The molecule has 0 N–H and O–H groups in total. The SMILES string of the molecule is O=C1CCC2(CC1c1ccncc1)OCCO2. The molecule has 1 aromatic rings. The van der Waals surface area contributed by atoms with Crippen molar-refractivity contribution in [2.24, 2.45) is 0 Å². The third-order valence-corrected chi connectivity index (χ3v) is 3.58. The van der Waals surface area contributed by atoms with Crippen LogP contribution in [0.1, 0.15) is 30.7 Å². The van der Waals surface area contributed by atoms with E-state index in [0.29, 0.717) is 32.5 Å². The molecule has 0 amide bonds. The molecule has 1 spiro atoms. The first kappa shape index (κ1) is 10.9. The van der Waals surface area contributed by atoms with Gasteiger partial charge in [0.15, 0.2) is 5.79 Å². The van der Waals surface area contributed by atoms with Crippen LogP contribution in [0.4, 0.5) is 0 Å². The van der Waals surface area contributed by atoms with E-state index in [1.54, 1.807) is 12.4 Å². The first-order valence-electron chi connectivity index (χ1n) is 6.00. The Morgan fingerprint density at radius 2 is 1.94 bits per heavy atom. The molecule has 3 rings (SSSR count). The van der Waals surface area contributed by atoms with E-state index in [2.05, 4.69) is 4.98 Å². The maximum atomic E-state index is 12.0. The molecule has 1 saturated heterocycles. The maximum absolute atomic E-state index is 12.0. The van der Waals surface area contributed by atoms with E-state index in [0.717, 1.165) is 5.56 Å². The predicted octanol–water partition coefficient (Wildman–Crippen LogP) is 1.66. The molecule has 1 saturated carbocycles. The van der Waals surface area contributed by atoms with E-state index in [4.69, 9.17) is 9.47 Å². The number of carbonyl (C=O) groups is 1. The first-order valence-corrected chi connectivity index (χ1v) is 6.00. The number of Topliss-reactive ketones (excluding diaryl/α,β-unsaturated/α-hetero) is 1. The smallest absolute Gasteiger partial charge is 0.169 e. The minimum atomic E-state index is -0.512. The van der Waals surface area contributed by atoms with Crippen molar-refractivity contribution in [2.45, 2.75) is 31.0 Å². The standard InChI is InChI=1S/C13H15NO3/c15-12-1-4-13(16-7-8-17-13)9-11(12)10-2-5-14-6-3-10/h2-3,5-6,11H,1,4,7-9H2. The highest BCUT2D eigenvalue weighted by Crippen LogP contribution is 2.41. The van der Waals surface area contributed by atoms with E-state index in [9.17, 15) is 4.79 Å². The van der Waals surface area contributed by atoms with Gasteiger partial charge in [0.2, 0.25) is 0 Å². The zero-order valence-corrected chi connectivity index (χ0v) is 9.59. The fourth-order valence-electron chi connectivity index (χ4n) is 2.67. The van der Waals surface area contributed by atoms with Crippen molar-refractivity contribution in [3.8, 4) is 0 Å². The fourth-order valence-corrected chi connectivity index (χ4v) is 2.67. The Kier molecular flexibility index (Phi) is 2.68. The van der Waals surface area contributed by atoms with Crippen LogP contribution in [0.15, 0.2) is 24.5 Å². The summed E-state index contributed by atoms with van der Waals surface area (Å²) in [5, 5.41) is 0. The molecule has 1 aliphatic heterocycles. The van der Waals surface area contributed by atoms with E-state index >= 15 is 0 Å². The highest BCUT2D eigenvalue weighted by atomic mass is 16.7. The largest absolute Gasteiger partial charge is 0.347 e. The molecule has 1 aromatic heterocycles. The molecular formula is C13H15NO3. The van der Waals surface area contributed by atoms with Gasteiger partial charge in [0.1, 0.15) is 5.78 Å². The minimum Gasteiger partial charge on any atom is -0.347 e. The number of pyridine rings is 1. The van der Waals surface area contributed by atoms with E-state index in [1.165, 1.54) is 0 Å². The Hall–Kier alpha value is -1.26. The Morgan fingerprint density at radius 3 is 2.65 bits per heavy atom. The number of aromatic nitrogens is 1. The molecule has 4 heteroatoms. The van der Waals surface area contributed by atoms with Crippen LogP contribution in [-0.2, 0) is 14.3 Å². The Balaban J connectivity index is 1.85. The zero-order chi connectivity index (χ0) is 11.7. The van der Waals surface area contributed by atoms with Gasteiger partial charge in [-0.15, -0.1) is 0 Å². The number of ether oxygens (including phenoxy) is 2. The summed E-state index contributed by atoms with van der Waals surface area (Å²) in [5.74, 6) is -0.340. The second-order valence-corrected chi connectivity index (χ2v) is 4.61. The van der Waals surface area contributed by atoms with Gasteiger partial charge in [-0.3, -0.25) is 9.78 Å². The Labute approximate surface area is 99.9 Å². The maximum Gasteiger partial charge on any atom is 0.169 e. The van der Waals surface area contributed by atoms with Crippen LogP contribution in [0, 0.1) is 0 Å². The van der Waals surface area contributed by atoms with Crippen molar-refractivity contribution in [1.82, 2.24) is 4.98 Å². The Bertz CT molecular complexity index is 412. The predicted molar refractivity (Wildman–Crippen MR) is 60.5 cm³/mol. The monoisotopic (exact) mass is 233 g/mol. The number of rotatable bonds is 1. The van der Waals surface area contributed by atoms with Crippen LogP contribution in [0.5, 0.6) is 0 Å². The summed E-state index contributed by atoms with van der Waals surface area (Å²) < 4.78 is 11.4. The van der Waals surface area contributed by atoms with Gasteiger partial charge in [-0.1, -0.05) is 0 Å². The van der Waals surface area contributed by atoms with Gasteiger partial charge in [0, 0.05) is 37.6 Å². The van der Waals surface area contributed by atoms with Crippen LogP contribution in [-0.4, -0.2) is 29.8 Å². The molecule has 2 aliphatic rings. The van der Waals surface area contributed by atoms with Crippen molar-refractivity contribution in [3.63, 3.8) is 0 Å². The van der Waals surface area contributed by atoms with Gasteiger partial charge in [-0.2, -0.15) is 0 Å². The molecule has 0 aromatic carbocycles. The number of hydrogen-bond donors (Lipinski definition) is 0. The summed E-state index contributed by atoms with van der Waals surface area (Å²) in [7, 11) is 0. The molecule has 1 aliphatic carbocycles. The van der Waals surface area contributed by atoms with E-state index in [1.807, 2.05) is 12.1 Å². The Morgan fingerprint density at radius 1 is 1.24 bits per heavy atom. The summed E-state index contributed by atoms with van der Waals surface area (Å²) in [6, 6.07) is 3.80. The normalized spacial score (nSPS) is 27.5. The summed E-state index contributed by atoms with van der Waals surface area (Å²) in [6.45, 7) is 1.27. The molecule has 2 heterocycles. The first-order chi connectivity index (χ1) is 8.29. The van der Waals surface area contributed by atoms with Crippen LogP contribution >= 0.6 is 0 Å². The summed E-state index contributed by atoms with van der Waals surface area (Å²) >= 11 is 0. The second kappa shape index (κ2) is 4.20. The fraction of sp³-hybridized carbons (Fsp3) is 0.538. The summed E-state index contributed by atoms with van der Waals surface area (Å²) in [4.78, 5) is 16.0. The van der Waals surface area contributed by atoms with Crippen molar-refractivity contribution in [1.29, 1.82) is 0 Å². The van der Waals surface area contributed by atoms with Gasteiger partial charge >= 0.3 is 0 Å². The average Bonchev–Trinajstić information content (AvgIpc) is 2.82. The molecule has 0 radical (unpaired) electrons. The quantitative estimate of drug-likeness (QED) is 0.740. The minimum absolute atomic E-state index is 0.107.